The number of nitrogens with one attached hydrogen (secondary N) is 2. The maximum atomic E-state index is 11.6. The number of sulfonamides is 1. The van der Waals surface area contributed by atoms with Gasteiger partial charge in [0.05, 0.1) is 17.0 Å². The minimum Gasteiger partial charge on any atom is -0.324 e. The van der Waals surface area contributed by atoms with E-state index in [1.165, 1.54) is 12.1 Å². The summed E-state index contributed by atoms with van der Waals surface area (Å²) in [6.45, 7) is 2.24. The van der Waals surface area contributed by atoms with E-state index in [0.29, 0.717) is 11.5 Å². The van der Waals surface area contributed by atoms with E-state index < -0.39 is 10.0 Å². The van der Waals surface area contributed by atoms with E-state index in [1.807, 2.05) is 30.0 Å². The number of hydrogen-bond acceptors (Lipinski definition) is 7. The van der Waals surface area contributed by atoms with Crippen LogP contribution >= 0.6 is 0 Å². The number of primary sulfonamides is 1. The lowest BCUT2D eigenvalue weighted by atomic mass is 10.2. The molecule has 0 saturated heterocycles. The third kappa shape index (κ3) is 4.32. The highest BCUT2D eigenvalue weighted by Gasteiger charge is 2.14. The Labute approximate surface area is 179 Å². The summed E-state index contributed by atoms with van der Waals surface area (Å²) < 4.78 is 23.2. The molecule has 2 heterocycles. The third-order valence-corrected chi connectivity index (χ3v) is 5.54. The summed E-state index contributed by atoms with van der Waals surface area (Å²) in [5.41, 5.74) is 3.13. The van der Waals surface area contributed by atoms with Gasteiger partial charge in [-0.25, -0.2) is 18.5 Å². The van der Waals surface area contributed by atoms with Gasteiger partial charge in [-0.15, -0.1) is 6.42 Å². The normalized spacial score (nSPS) is 11.3. The van der Waals surface area contributed by atoms with Crippen molar-refractivity contribution < 1.29 is 8.42 Å². The van der Waals surface area contributed by atoms with Gasteiger partial charge >= 0.3 is 0 Å². The van der Waals surface area contributed by atoms with Crippen molar-refractivity contribution in [1.82, 2.24) is 20.2 Å². The van der Waals surface area contributed by atoms with E-state index in [-0.39, 0.29) is 17.4 Å². The predicted molar refractivity (Wildman–Crippen MR) is 120 cm³/mol. The lowest BCUT2D eigenvalue weighted by molar-refractivity contribution is 0.598. The molecule has 0 amide bonds. The molecule has 0 spiro atoms. The standard InChI is InChI=1S/C21H19N7O2S/c1-3-11-28(16-7-8-18-14(2)26-27-19(18)13-16)20-9-10-23-21(25-20)24-15-5-4-6-17(12-15)31(22,29)30/h1,4-10,12-13H,11H2,2H3,(H,26,27)(H2,22,29,30)(H,23,24,25). The van der Waals surface area contributed by atoms with Gasteiger partial charge < -0.3 is 10.2 Å². The minimum absolute atomic E-state index is 0.00906. The number of aryl methyl sites for hydroxylation is 1. The molecule has 9 nitrogen and oxygen atoms in total. The van der Waals surface area contributed by atoms with Crippen LogP contribution in [0, 0.1) is 19.3 Å². The zero-order chi connectivity index (χ0) is 22.0. The molecule has 2 aromatic heterocycles. The number of aromatic amines is 1. The number of hydrogen-bond donors (Lipinski definition) is 3. The number of nitrogens with two attached hydrogens (primary N) is 1. The van der Waals surface area contributed by atoms with E-state index in [1.54, 1.807) is 24.4 Å². The van der Waals surface area contributed by atoms with Crippen LogP contribution in [0.5, 0.6) is 0 Å². The summed E-state index contributed by atoms with van der Waals surface area (Å²) in [4.78, 5) is 10.6. The lowest BCUT2D eigenvalue weighted by Crippen LogP contribution is -2.19. The summed E-state index contributed by atoms with van der Waals surface area (Å²) in [5.74, 6) is 3.50. The maximum Gasteiger partial charge on any atom is 0.238 e. The van der Waals surface area contributed by atoms with Crippen LogP contribution in [0.1, 0.15) is 5.69 Å². The van der Waals surface area contributed by atoms with Crippen LogP contribution in [-0.2, 0) is 10.0 Å². The molecule has 0 bridgehead atoms. The van der Waals surface area contributed by atoms with Crippen LogP contribution in [0.15, 0.2) is 59.6 Å². The zero-order valence-electron chi connectivity index (χ0n) is 16.6. The Morgan fingerprint density at radius 3 is 2.84 bits per heavy atom. The molecule has 0 radical (unpaired) electrons. The van der Waals surface area contributed by atoms with Crippen molar-refractivity contribution in [2.45, 2.75) is 11.8 Å². The molecule has 31 heavy (non-hydrogen) atoms. The topological polar surface area (TPSA) is 130 Å². The Morgan fingerprint density at radius 2 is 2.06 bits per heavy atom. The summed E-state index contributed by atoms with van der Waals surface area (Å²) in [7, 11) is -3.82. The highest BCUT2D eigenvalue weighted by molar-refractivity contribution is 7.89. The van der Waals surface area contributed by atoms with Crippen LogP contribution in [-0.4, -0.2) is 35.1 Å². The first kappa shape index (κ1) is 20.3. The van der Waals surface area contributed by atoms with Crippen LogP contribution in [0.3, 0.4) is 0 Å². The van der Waals surface area contributed by atoms with Crippen molar-refractivity contribution in [3.05, 3.63) is 60.4 Å². The van der Waals surface area contributed by atoms with E-state index in [2.05, 4.69) is 31.4 Å². The number of fused-ring (bicyclic) bond motifs is 1. The van der Waals surface area contributed by atoms with Gasteiger partial charge in [-0.05, 0) is 49.4 Å². The van der Waals surface area contributed by atoms with Crippen molar-refractivity contribution in [3.8, 4) is 12.3 Å². The molecule has 0 aliphatic heterocycles. The number of benzene rings is 2. The molecule has 0 saturated carbocycles. The molecule has 4 aromatic rings. The Kier molecular flexibility index (Phi) is 5.29. The van der Waals surface area contributed by atoms with Gasteiger partial charge in [0.1, 0.15) is 5.82 Å². The fraction of sp³-hybridized carbons (Fsp3) is 0.0952. The Balaban J connectivity index is 1.67. The number of aromatic nitrogens is 4. The van der Waals surface area contributed by atoms with E-state index in [0.717, 1.165) is 22.3 Å². The number of H-pyrrole nitrogens is 1. The zero-order valence-corrected chi connectivity index (χ0v) is 17.4. The maximum absolute atomic E-state index is 11.6. The minimum atomic E-state index is -3.82. The van der Waals surface area contributed by atoms with Gasteiger partial charge in [-0.3, -0.25) is 5.10 Å². The molecule has 4 rings (SSSR count). The van der Waals surface area contributed by atoms with Crippen molar-refractivity contribution in [3.63, 3.8) is 0 Å². The monoisotopic (exact) mass is 433 g/mol. The van der Waals surface area contributed by atoms with Gasteiger partial charge in [0, 0.05) is 28.7 Å². The van der Waals surface area contributed by atoms with Gasteiger partial charge in [-0.2, -0.15) is 10.1 Å². The Bertz CT molecular complexity index is 1410. The molecule has 2 aromatic carbocycles. The second-order valence-corrected chi connectivity index (χ2v) is 8.34. The van der Waals surface area contributed by atoms with Gasteiger partial charge in [0.2, 0.25) is 16.0 Å². The van der Waals surface area contributed by atoms with Crippen molar-refractivity contribution >= 4 is 44.1 Å². The molecular formula is C21H19N7O2S. The number of nitrogens with zero attached hydrogens (tertiary/aromatic N) is 4. The predicted octanol–water partition coefficient (Wildman–Crippen LogP) is 2.82. The Hall–Kier alpha value is -3.94. The second kappa shape index (κ2) is 8.06. The molecule has 4 N–H and O–H groups in total. The Morgan fingerprint density at radius 1 is 1.23 bits per heavy atom. The number of rotatable bonds is 6. The molecule has 156 valence electrons. The highest BCUT2D eigenvalue weighted by Crippen LogP contribution is 2.28. The molecule has 0 aliphatic carbocycles. The van der Waals surface area contributed by atoms with Crippen molar-refractivity contribution in [2.75, 3.05) is 16.8 Å². The van der Waals surface area contributed by atoms with Gasteiger partial charge in [0.15, 0.2) is 0 Å². The van der Waals surface area contributed by atoms with E-state index in [9.17, 15) is 8.42 Å². The highest BCUT2D eigenvalue weighted by atomic mass is 32.2. The largest absolute Gasteiger partial charge is 0.324 e. The van der Waals surface area contributed by atoms with Gasteiger partial charge in [-0.1, -0.05) is 12.0 Å². The van der Waals surface area contributed by atoms with Crippen LogP contribution < -0.4 is 15.4 Å². The van der Waals surface area contributed by atoms with Crippen LogP contribution in [0.25, 0.3) is 10.9 Å². The quantitative estimate of drug-likeness (QED) is 0.399. The first-order chi connectivity index (χ1) is 14.8. The number of anilines is 4. The molecule has 0 unspecified atom stereocenters. The van der Waals surface area contributed by atoms with Gasteiger partial charge in [0.25, 0.3) is 0 Å². The summed E-state index contributed by atoms with van der Waals surface area (Å²) in [6.07, 6.45) is 7.19. The summed E-state index contributed by atoms with van der Waals surface area (Å²) >= 11 is 0. The second-order valence-electron chi connectivity index (χ2n) is 6.78. The average Bonchev–Trinajstić information content (AvgIpc) is 3.12. The molecular weight excluding hydrogens is 414 g/mol. The number of terminal acetylenes is 1. The van der Waals surface area contributed by atoms with E-state index >= 15 is 0 Å². The smallest absolute Gasteiger partial charge is 0.238 e. The SMILES string of the molecule is C#CCN(c1ccc2c(C)[nH]nc2c1)c1ccnc(Nc2cccc(S(N)(=O)=O)c2)n1. The molecule has 10 heteroatoms. The van der Waals surface area contributed by atoms with Crippen molar-refractivity contribution in [1.29, 1.82) is 0 Å². The fourth-order valence-corrected chi connectivity index (χ4v) is 3.70. The van der Waals surface area contributed by atoms with Crippen LogP contribution in [0.4, 0.5) is 23.1 Å². The van der Waals surface area contributed by atoms with E-state index in [4.69, 9.17) is 11.6 Å². The third-order valence-electron chi connectivity index (χ3n) is 4.63. The summed E-state index contributed by atoms with van der Waals surface area (Å²) in [5, 5.41) is 16.5. The molecule has 0 fully saturated rings. The molecule has 0 atom stereocenters. The average molecular weight is 433 g/mol. The van der Waals surface area contributed by atoms with Crippen LogP contribution in [0.2, 0.25) is 0 Å². The molecule has 0 aliphatic rings. The van der Waals surface area contributed by atoms with Crippen molar-refractivity contribution in [2.24, 2.45) is 5.14 Å². The summed E-state index contributed by atoms with van der Waals surface area (Å²) in [6, 6.07) is 13.7. The first-order valence-electron chi connectivity index (χ1n) is 9.24. The fourth-order valence-electron chi connectivity index (χ4n) is 3.14. The lowest BCUT2D eigenvalue weighted by Gasteiger charge is -2.22. The first-order valence-corrected chi connectivity index (χ1v) is 10.8.